The zero-order valence-electron chi connectivity index (χ0n) is 5.65. The Kier molecular flexibility index (Phi) is 3.28. The van der Waals surface area contributed by atoms with Crippen molar-refractivity contribution < 1.29 is 0 Å². The molecule has 2 N–H and O–H groups in total. The minimum Gasteiger partial charge on any atom is -0.377 e. The van der Waals surface area contributed by atoms with Crippen molar-refractivity contribution in [2.24, 2.45) is 5.73 Å². The summed E-state index contributed by atoms with van der Waals surface area (Å²) in [4.78, 5) is 2.03. The Morgan fingerprint density at radius 2 is 2.25 bits per heavy atom. The van der Waals surface area contributed by atoms with Gasteiger partial charge in [-0.3, -0.25) is 0 Å². The van der Waals surface area contributed by atoms with Gasteiger partial charge >= 0.3 is 0 Å². The van der Waals surface area contributed by atoms with Gasteiger partial charge in [0.25, 0.3) is 0 Å². The minimum absolute atomic E-state index is 0.698. The second kappa shape index (κ2) is 3.50. The van der Waals surface area contributed by atoms with E-state index in [1.54, 1.807) is 0 Å². The first-order chi connectivity index (χ1) is 3.68. The highest BCUT2D eigenvalue weighted by atomic mass is 15.1. The number of rotatable bonds is 3. The Balaban J connectivity index is 3.32. The summed E-state index contributed by atoms with van der Waals surface area (Å²) in [6, 6.07) is 0. The van der Waals surface area contributed by atoms with E-state index in [9.17, 15) is 0 Å². The first kappa shape index (κ1) is 7.50. The molecule has 0 aromatic carbocycles. The number of allylic oxidation sites excluding steroid dienone is 1. The maximum Gasteiger partial charge on any atom is 0.0294 e. The van der Waals surface area contributed by atoms with E-state index in [1.807, 2.05) is 18.9 Å². The smallest absolute Gasteiger partial charge is 0.0294 e. The SMILES string of the molecule is C=C(C)N(C)CCN. The topological polar surface area (TPSA) is 29.3 Å². The van der Waals surface area contributed by atoms with Crippen molar-refractivity contribution in [3.63, 3.8) is 0 Å². The normalized spacial score (nSPS) is 8.88. The molecule has 48 valence electrons. The molecule has 2 heteroatoms. The standard InChI is InChI=1S/C6H14N2/c1-6(2)8(3)5-4-7/h1,4-5,7H2,2-3H3. The van der Waals surface area contributed by atoms with E-state index >= 15 is 0 Å². The quantitative estimate of drug-likeness (QED) is 0.576. The summed E-state index contributed by atoms with van der Waals surface area (Å²) in [6.45, 7) is 7.31. The molecule has 0 saturated heterocycles. The fourth-order valence-corrected chi connectivity index (χ4v) is 0.385. The predicted molar refractivity (Wildman–Crippen MR) is 36.5 cm³/mol. The van der Waals surface area contributed by atoms with Crippen LogP contribution in [0.25, 0.3) is 0 Å². The maximum atomic E-state index is 5.28. The molecule has 0 aliphatic rings. The molecule has 0 aromatic heterocycles. The largest absolute Gasteiger partial charge is 0.377 e. The van der Waals surface area contributed by atoms with Crippen LogP contribution >= 0.6 is 0 Å². The van der Waals surface area contributed by atoms with E-state index in [2.05, 4.69) is 6.58 Å². The summed E-state index contributed by atoms with van der Waals surface area (Å²) in [6.07, 6.45) is 0. The molecule has 0 heterocycles. The summed E-state index contributed by atoms with van der Waals surface area (Å²) in [5.41, 5.74) is 6.35. The third-order valence-electron chi connectivity index (χ3n) is 1.12. The predicted octanol–water partition coefficient (Wildman–Crippen LogP) is 0.410. The molecular weight excluding hydrogens is 100 g/mol. The lowest BCUT2D eigenvalue weighted by Crippen LogP contribution is -2.23. The van der Waals surface area contributed by atoms with Gasteiger partial charge in [-0.2, -0.15) is 0 Å². The van der Waals surface area contributed by atoms with Crippen molar-refractivity contribution in [2.75, 3.05) is 20.1 Å². The lowest BCUT2D eigenvalue weighted by molar-refractivity contribution is 0.431. The van der Waals surface area contributed by atoms with Crippen LogP contribution in [0.4, 0.5) is 0 Å². The van der Waals surface area contributed by atoms with Crippen LogP contribution in [0, 0.1) is 0 Å². The number of hydrogen-bond acceptors (Lipinski definition) is 2. The average Bonchev–Trinajstić information content (AvgIpc) is 1.67. The lowest BCUT2D eigenvalue weighted by atomic mass is 10.4. The molecule has 0 aliphatic heterocycles. The van der Waals surface area contributed by atoms with E-state index in [-0.39, 0.29) is 0 Å². The van der Waals surface area contributed by atoms with Crippen LogP contribution < -0.4 is 5.73 Å². The van der Waals surface area contributed by atoms with E-state index in [0.29, 0.717) is 6.54 Å². The zero-order valence-corrected chi connectivity index (χ0v) is 5.65. The molecule has 0 amide bonds. The highest BCUT2D eigenvalue weighted by Crippen LogP contribution is 1.91. The Morgan fingerprint density at radius 1 is 1.75 bits per heavy atom. The molecule has 0 unspecified atom stereocenters. The summed E-state index contributed by atoms with van der Waals surface area (Å²) in [5, 5.41) is 0. The lowest BCUT2D eigenvalue weighted by Gasteiger charge is -2.16. The molecule has 0 radical (unpaired) electrons. The molecule has 0 rings (SSSR count). The van der Waals surface area contributed by atoms with Gasteiger partial charge in [0.2, 0.25) is 0 Å². The van der Waals surface area contributed by atoms with Gasteiger partial charge < -0.3 is 10.6 Å². The van der Waals surface area contributed by atoms with Crippen LogP contribution in [0.1, 0.15) is 6.92 Å². The van der Waals surface area contributed by atoms with Crippen LogP contribution in [0.5, 0.6) is 0 Å². The molecule has 0 atom stereocenters. The van der Waals surface area contributed by atoms with Crippen molar-refractivity contribution in [1.82, 2.24) is 4.90 Å². The highest BCUT2D eigenvalue weighted by Gasteiger charge is 1.90. The Morgan fingerprint density at radius 3 is 2.38 bits per heavy atom. The molecule has 0 spiro atoms. The van der Waals surface area contributed by atoms with Gasteiger partial charge in [-0.25, -0.2) is 0 Å². The van der Waals surface area contributed by atoms with Gasteiger partial charge in [-0.1, -0.05) is 6.58 Å². The fourth-order valence-electron chi connectivity index (χ4n) is 0.385. The molecule has 0 aromatic rings. The first-order valence-corrected chi connectivity index (χ1v) is 2.75. The second-order valence-electron chi connectivity index (χ2n) is 1.95. The van der Waals surface area contributed by atoms with Crippen molar-refractivity contribution in [3.8, 4) is 0 Å². The Bertz CT molecular complexity index is 78.6. The second-order valence-corrected chi connectivity index (χ2v) is 1.95. The number of nitrogens with two attached hydrogens (primary N) is 1. The van der Waals surface area contributed by atoms with E-state index < -0.39 is 0 Å². The summed E-state index contributed by atoms with van der Waals surface area (Å²) >= 11 is 0. The van der Waals surface area contributed by atoms with Crippen LogP contribution in [-0.4, -0.2) is 25.0 Å². The maximum absolute atomic E-state index is 5.28. The van der Waals surface area contributed by atoms with Crippen LogP contribution in [0.2, 0.25) is 0 Å². The summed E-state index contributed by atoms with van der Waals surface area (Å²) < 4.78 is 0. The van der Waals surface area contributed by atoms with Crippen molar-refractivity contribution in [2.45, 2.75) is 6.92 Å². The highest BCUT2D eigenvalue weighted by molar-refractivity contribution is 4.85. The third-order valence-corrected chi connectivity index (χ3v) is 1.12. The molecule has 8 heavy (non-hydrogen) atoms. The molecule has 0 fully saturated rings. The molecule has 0 saturated carbocycles. The number of nitrogens with zero attached hydrogens (tertiary/aromatic N) is 1. The monoisotopic (exact) mass is 114 g/mol. The van der Waals surface area contributed by atoms with E-state index in [4.69, 9.17) is 5.73 Å². The summed E-state index contributed by atoms with van der Waals surface area (Å²) in [7, 11) is 1.98. The van der Waals surface area contributed by atoms with Gasteiger partial charge in [0.05, 0.1) is 0 Å². The number of hydrogen-bond donors (Lipinski definition) is 1. The Hall–Kier alpha value is -0.500. The van der Waals surface area contributed by atoms with Crippen LogP contribution in [-0.2, 0) is 0 Å². The average molecular weight is 114 g/mol. The van der Waals surface area contributed by atoms with Gasteiger partial charge in [0.15, 0.2) is 0 Å². The molecular formula is C6H14N2. The third kappa shape index (κ3) is 2.64. The molecule has 2 nitrogen and oxygen atoms in total. The minimum atomic E-state index is 0.698. The van der Waals surface area contributed by atoms with Gasteiger partial charge in [-0.15, -0.1) is 0 Å². The van der Waals surface area contributed by atoms with E-state index in [0.717, 1.165) is 12.2 Å². The van der Waals surface area contributed by atoms with Crippen molar-refractivity contribution >= 4 is 0 Å². The first-order valence-electron chi connectivity index (χ1n) is 2.75. The van der Waals surface area contributed by atoms with Gasteiger partial charge in [0, 0.05) is 25.8 Å². The fraction of sp³-hybridized carbons (Fsp3) is 0.667. The zero-order chi connectivity index (χ0) is 6.57. The molecule has 0 bridgehead atoms. The van der Waals surface area contributed by atoms with Crippen molar-refractivity contribution in [1.29, 1.82) is 0 Å². The Labute approximate surface area is 51.0 Å². The van der Waals surface area contributed by atoms with Crippen molar-refractivity contribution in [3.05, 3.63) is 12.3 Å². The van der Waals surface area contributed by atoms with E-state index in [1.165, 1.54) is 0 Å². The van der Waals surface area contributed by atoms with Gasteiger partial charge in [0.1, 0.15) is 0 Å². The number of likely N-dealkylation sites (N-methyl/N-ethyl adjacent to an activating group) is 1. The van der Waals surface area contributed by atoms with Gasteiger partial charge in [-0.05, 0) is 6.92 Å². The molecule has 0 aliphatic carbocycles. The van der Waals surface area contributed by atoms with Crippen LogP contribution in [0.15, 0.2) is 12.3 Å². The summed E-state index contributed by atoms with van der Waals surface area (Å²) in [5.74, 6) is 0. The van der Waals surface area contributed by atoms with Crippen LogP contribution in [0.3, 0.4) is 0 Å².